The standard InChI is InChI=1S/C19H25FN4O/c1-3-18-17(12-22-24(18)16-6-4-15(20)5-7-16)19(25)23-10-8-14(9-11-23)13(2)21/h4-7,12-14H,3,8-11,21H2,1-2H3. The summed E-state index contributed by atoms with van der Waals surface area (Å²) in [6.45, 7) is 5.49. The second-order valence-electron chi connectivity index (χ2n) is 6.74. The zero-order chi connectivity index (χ0) is 18.0. The van der Waals surface area contributed by atoms with Gasteiger partial charge in [-0.2, -0.15) is 5.10 Å². The smallest absolute Gasteiger partial charge is 0.257 e. The van der Waals surface area contributed by atoms with Crippen molar-refractivity contribution >= 4 is 5.91 Å². The van der Waals surface area contributed by atoms with E-state index in [1.165, 1.54) is 12.1 Å². The fraction of sp³-hybridized carbons (Fsp3) is 0.474. The van der Waals surface area contributed by atoms with Crippen LogP contribution in [0.2, 0.25) is 0 Å². The lowest BCUT2D eigenvalue weighted by Gasteiger charge is -2.33. The molecule has 6 heteroatoms. The predicted octanol–water partition coefficient (Wildman–Crippen LogP) is 2.77. The van der Waals surface area contributed by atoms with Crippen LogP contribution in [0.3, 0.4) is 0 Å². The highest BCUT2D eigenvalue weighted by Gasteiger charge is 2.28. The van der Waals surface area contributed by atoms with E-state index in [2.05, 4.69) is 5.10 Å². The monoisotopic (exact) mass is 344 g/mol. The van der Waals surface area contributed by atoms with Gasteiger partial charge in [0.2, 0.25) is 0 Å². The number of nitrogens with zero attached hydrogens (tertiary/aromatic N) is 3. The number of nitrogens with two attached hydrogens (primary N) is 1. The van der Waals surface area contributed by atoms with Gasteiger partial charge in [-0.1, -0.05) is 6.92 Å². The number of aromatic nitrogens is 2. The van der Waals surface area contributed by atoms with Gasteiger partial charge in [-0.3, -0.25) is 4.79 Å². The summed E-state index contributed by atoms with van der Waals surface area (Å²) < 4.78 is 14.9. The van der Waals surface area contributed by atoms with Crippen molar-refractivity contribution in [1.82, 2.24) is 14.7 Å². The Morgan fingerprint density at radius 3 is 2.52 bits per heavy atom. The Bertz CT molecular complexity index is 730. The number of hydrogen-bond acceptors (Lipinski definition) is 3. The van der Waals surface area contributed by atoms with E-state index in [1.807, 2.05) is 18.7 Å². The molecule has 1 unspecified atom stereocenters. The average Bonchev–Trinajstić information content (AvgIpc) is 3.05. The van der Waals surface area contributed by atoms with Gasteiger partial charge in [0.1, 0.15) is 5.82 Å². The number of hydrogen-bond donors (Lipinski definition) is 1. The number of halogens is 1. The lowest BCUT2D eigenvalue weighted by atomic mass is 9.90. The molecule has 1 aromatic heterocycles. The molecule has 0 bridgehead atoms. The molecular weight excluding hydrogens is 319 g/mol. The molecular formula is C19H25FN4O. The lowest BCUT2D eigenvalue weighted by Crippen LogP contribution is -2.42. The van der Waals surface area contributed by atoms with Crippen molar-refractivity contribution in [3.05, 3.63) is 47.5 Å². The van der Waals surface area contributed by atoms with Crippen molar-refractivity contribution in [2.45, 2.75) is 39.2 Å². The Labute approximate surface area is 147 Å². The molecule has 1 amide bonds. The molecule has 1 fully saturated rings. The molecule has 0 aliphatic carbocycles. The average molecular weight is 344 g/mol. The van der Waals surface area contributed by atoms with Gasteiger partial charge in [-0.15, -0.1) is 0 Å². The summed E-state index contributed by atoms with van der Waals surface area (Å²) in [4.78, 5) is 14.8. The van der Waals surface area contributed by atoms with Gasteiger partial charge in [0.25, 0.3) is 5.91 Å². The molecule has 1 saturated heterocycles. The predicted molar refractivity (Wildman–Crippen MR) is 95.2 cm³/mol. The molecule has 1 aliphatic rings. The summed E-state index contributed by atoms with van der Waals surface area (Å²) in [5.41, 5.74) is 8.22. The zero-order valence-electron chi connectivity index (χ0n) is 14.8. The van der Waals surface area contributed by atoms with Gasteiger partial charge in [-0.25, -0.2) is 9.07 Å². The van der Waals surface area contributed by atoms with Crippen LogP contribution in [0.25, 0.3) is 5.69 Å². The van der Waals surface area contributed by atoms with Crippen molar-refractivity contribution in [2.24, 2.45) is 11.7 Å². The summed E-state index contributed by atoms with van der Waals surface area (Å²) in [6.07, 6.45) is 4.19. The molecule has 2 aromatic rings. The van der Waals surface area contributed by atoms with Crippen molar-refractivity contribution in [3.8, 4) is 5.69 Å². The van der Waals surface area contributed by atoms with Crippen molar-refractivity contribution in [2.75, 3.05) is 13.1 Å². The van der Waals surface area contributed by atoms with Crippen LogP contribution >= 0.6 is 0 Å². The van der Waals surface area contributed by atoms with Crippen LogP contribution in [0.4, 0.5) is 4.39 Å². The van der Waals surface area contributed by atoms with Crippen LogP contribution in [-0.4, -0.2) is 39.7 Å². The van der Waals surface area contributed by atoms with Gasteiger partial charge in [0.15, 0.2) is 0 Å². The van der Waals surface area contributed by atoms with E-state index in [0.717, 1.165) is 37.3 Å². The number of amides is 1. The van der Waals surface area contributed by atoms with Crippen LogP contribution in [0.1, 0.15) is 42.7 Å². The molecule has 1 aliphatic heterocycles. The van der Waals surface area contributed by atoms with E-state index in [1.54, 1.807) is 23.0 Å². The first-order valence-electron chi connectivity index (χ1n) is 8.89. The molecule has 2 N–H and O–H groups in total. The maximum Gasteiger partial charge on any atom is 0.257 e. The highest BCUT2D eigenvalue weighted by molar-refractivity contribution is 5.95. The minimum atomic E-state index is -0.290. The number of carbonyl (C=O) groups is 1. The minimum absolute atomic E-state index is 0.0216. The molecule has 0 radical (unpaired) electrons. The maximum absolute atomic E-state index is 13.2. The third-order valence-corrected chi connectivity index (χ3v) is 5.08. The van der Waals surface area contributed by atoms with Crippen LogP contribution in [0, 0.1) is 11.7 Å². The first-order valence-corrected chi connectivity index (χ1v) is 8.89. The maximum atomic E-state index is 13.2. The minimum Gasteiger partial charge on any atom is -0.339 e. The largest absolute Gasteiger partial charge is 0.339 e. The Hall–Kier alpha value is -2.21. The number of piperidine rings is 1. The van der Waals surface area contributed by atoms with Crippen LogP contribution in [0.15, 0.2) is 30.5 Å². The van der Waals surface area contributed by atoms with E-state index >= 15 is 0 Å². The zero-order valence-corrected chi connectivity index (χ0v) is 14.8. The molecule has 1 atom stereocenters. The van der Waals surface area contributed by atoms with E-state index in [-0.39, 0.29) is 17.8 Å². The molecule has 5 nitrogen and oxygen atoms in total. The third kappa shape index (κ3) is 3.58. The summed E-state index contributed by atoms with van der Waals surface area (Å²) in [6, 6.07) is 6.31. The van der Waals surface area contributed by atoms with Gasteiger partial charge >= 0.3 is 0 Å². The summed E-state index contributed by atoms with van der Waals surface area (Å²) in [7, 11) is 0. The van der Waals surface area contributed by atoms with Crippen LogP contribution in [-0.2, 0) is 6.42 Å². The number of carbonyl (C=O) groups excluding carboxylic acids is 1. The van der Waals surface area contributed by atoms with Crippen LogP contribution < -0.4 is 5.73 Å². The third-order valence-electron chi connectivity index (χ3n) is 5.08. The Balaban J connectivity index is 1.81. The molecule has 3 rings (SSSR count). The summed E-state index contributed by atoms with van der Waals surface area (Å²) in [5, 5.41) is 4.37. The van der Waals surface area contributed by atoms with E-state index in [9.17, 15) is 9.18 Å². The second kappa shape index (κ2) is 7.35. The number of likely N-dealkylation sites (tertiary alicyclic amines) is 1. The number of rotatable bonds is 4. The Morgan fingerprint density at radius 2 is 1.96 bits per heavy atom. The fourth-order valence-corrected chi connectivity index (χ4v) is 3.50. The van der Waals surface area contributed by atoms with Crippen molar-refractivity contribution in [1.29, 1.82) is 0 Å². The normalized spacial score (nSPS) is 16.9. The quantitative estimate of drug-likeness (QED) is 0.927. The highest BCUT2D eigenvalue weighted by Crippen LogP contribution is 2.23. The van der Waals surface area contributed by atoms with Crippen molar-refractivity contribution < 1.29 is 9.18 Å². The Morgan fingerprint density at radius 1 is 1.32 bits per heavy atom. The molecule has 1 aromatic carbocycles. The molecule has 25 heavy (non-hydrogen) atoms. The van der Waals surface area contributed by atoms with E-state index in [0.29, 0.717) is 17.9 Å². The summed E-state index contributed by atoms with van der Waals surface area (Å²) in [5.74, 6) is 0.215. The highest BCUT2D eigenvalue weighted by atomic mass is 19.1. The molecule has 0 saturated carbocycles. The van der Waals surface area contributed by atoms with Crippen LogP contribution in [0.5, 0.6) is 0 Å². The lowest BCUT2D eigenvalue weighted by molar-refractivity contribution is 0.0680. The van der Waals surface area contributed by atoms with Gasteiger partial charge in [0, 0.05) is 19.1 Å². The first-order chi connectivity index (χ1) is 12.0. The van der Waals surface area contributed by atoms with Gasteiger partial charge < -0.3 is 10.6 Å². The molecule has 134 valence electrons. The van der Waals surface area contributed by atoms with Crippen molar-refractivity contribution in [3.63, 3.8) is 0 Å². The van der Waals surface area contributed by atoms with E-state index in [4.69, 9.17) is 5.73 Å². The van der Waals surface area contributed by atoms with E-state index < -0.39 is 0 Å². The molecule has 2 heterocycles. The van der Waals surface area contributed by atoms with Gasteiger partial charge in [0.05, 0.1) is 23.1 Å². The fourth-order valence-electron chi connectivity index (χ4n) is 3.50. The van der Waals surface area contributed by atoms with Gasteiger partial charge in [-0.05, 0) is 56.4 Å². The second-order valence-corrected chi connectivity index (χ2v) is 6.74. The summed E-state index contributed by atoms with van der Waals surface area (Å²) >= 11 is 0. The Kier molecular flexibility index (Phi) is 5.18. The number of benzene rings is 1. The molecule has 0 spiro atoms. The SMILES string of the molecule is CCc1c(C(=O)N2CCC(C(C)N)CC2)cnn1-c1ccc(F)cc1. The first kappa shape index (κ1) is 17.6. The topological polar surface area (TPSA) is 64.2 Å².